The Kier molecular flexibility index (Phi) is 3.56. The fourth-order valence-electron chi connectivity index (χ4n) is 1.29. The topological polar surface area (TPSA) is 66.9 Å². The van der Waals surface area contributed by atoms with E-state index in [1.54, 1.807) is 6.20 Å². The van der Waals surface area contributed by atoms with E-state index in [0.29, 0.717) is 24.1 Å². The normalized spacial score (nSPS) is 14.6. The fraction of sp³-hybridized carbons (Fsp3) is 0.500. The van der Waals surface area contributed by atoms with Gasteiger partial charge in [0.25, 0.3) is 0 Å². The minimum Gasteiger partial charge on any atom is -0.367 e. The summed E-state index contributed by atoms with van der Waals surface area (Å²) in [4.78, 5) is 19.2. The van der Waals surface area contributed by atoms with Gasteiger partial charge in [-0.25, -0.2) is 4.98 Å². The van der Waals surface area contributed by atoms with Crippen molar-refractivity contribution < 1.29 is 4.79 Å². The molecule has 0 aliphatic heterocycles. The van der Waals surface area contributed by atoms with Crippen LogP contribution in [0.25, 0.3) is 0 Å². The number of anilines is 1. The lowest BCUT2D eigenvalue weighted by molar-refractivity contribution is -0.122. The molecule has 5 nitrogen and oxygen atoms in total. The maximum atomic E-state index is 11.3. The van der Waals surface area contributed by atoms with E-state index in [9.17, 15) is 4.79 Å². The maximum Gasteiger partial charge on any atom is 0.223 e. The predicted octanol–water partition coefficient (Wildman–Crippen LogP) is 1.07. The number of rotatable bonds is 5. The molecule has 0 atom stereocenters. The summed E-state index contributed by atoms with van der Waals surface area (Å²) in [5.74, 6) is 1.03. The molecule has 1 aliphatic rings. The number of amides is 1. The molecule has 0 aromatic carbocycles. The zero-order valence-corrected chi connectivity index (χ0v) is 9.50. The third-order valence-electron chi connectivity index (χ3n) is 2.28. The molecule has 0 saturated heterocycles. The minimum atomic E-state index is 0.152. The predicted molar refractivity (Wildman–Crippen MR) is 61.3 cm³/mol. The lowest BCUT2D eigenvalue weighted by Gasteiger charge is -2.06. The Hall–Kier alpha value is -1.36. The molecule has 1 saturated carbocycles. The first-order valence-electron chi connectivity index (χ1n) is 5.25. The largest absolute Gasteiger partial charge is 0.367 e. The number of aromatic nitrogens is 2. The lowest BCUT2D eigenvalue weighted by Crippen LogP contribution is -2.29. The summed E-state index contributed by atoms with van der Waals surface area (Å²) in [6, 6.07) is 0. The molecule has 0 bridgehead atoms. The Bertz CT molecular complexity index is 381. The number of carbonyl (C=O) groups excluding carboxylic acids is 1. The highest BCUT2D eigenvalue weighted by Crippen LogP contribution is 2.28. The summed E-state index contributed by atoms with van der Waals surface area (Å²) >= 11 is 5.67. The summed E-state index contributed by atoms with van der Waals surface area (Å²) < 4.78 is 0. The third-order valence-corrected chi connectivity index (χ3v) is 2.47. The SMILES string of the molecule is O=C(NCCNc1cncc(Cl)n1)C1CC1. The Morgan fingerprint density at radius 3 is 2.94 bits per heavy atom. The van der Waals surface area contributed by atoms with E-state index in [0.717, 1.165) is 12.8 Å². The highest BCUT2D eigenvalue weighted by molar-refractivity contribution is 6.29. The van der Waals surface area contributed by atoms with Gasteiger partial charge < -0.3 is 10.6 Å². The third kappa shape index (κ3) is 3.34. The standard InChI is InChI=1S/C10H13ClN4O/c11-8-5-12-6-9(15-8)13-3-4-14-10(16)7-1-2-7/h5-7H,1-4H2,(H,13,15)(H,14,16). The van der Waals surface area contributed by atoms with E-state index in [4.69, 9.17) is 11.6 Å². The van der Waals surface area contributed by atoms with Crippen molar-refractivity contribution in [2.75, 3.05) is 18.4 Å². The second kappa shape index (κ2) is 5.12. The maximum absolute atomic E-state index is 11.3. The van der Waals surface area contributed by atoms with E-state index in [1.165, 1.54) is 6.20 Å². The Morgan fingerprint density at radius 1 is 1.44 bits per heavy atom. The van der Waals surface area contributed by atoms with Crippen molar-refractivity contribution in [2.45, 2.75) is 12.8 Å². The first-order valence-corrected chi connectivity index (χ1v) is 5.62. The molecule has 2 rings (SSSR count). The molecule has 16 heavy (non-hydrogen) atoms. The van der Waals surface area contributed by atoms with Crippen LogP contribution < -0.4 is 10.6 Å². The zero-order chi connectivity index (χ0) is 11.4. The van der Waals surface area contributed by atoms with Gasteiger partial charge in [0.15, 0.2) is 0 Å². The van der Waals surface area contributed by atoms with Gasteiger partial charge in [-0.2, -0.15) is 0 Å². The summed E-state index contributed by atoms with van der Waals surface area (Å²) in [6.07, 6.45) is 5.12. The molecule has 0 unspecified atom stereocenters. The van der Waals surface area contributed by atoms with Crippen LogP contribution in [-0.2, 0) is 4.79 Å². The highest BCUT2D eigenvalue weighted by atomic mass is 35.5. The van der Waals surface area contributed by atoms with Gasteiger partial charge >= 0.3 is 0 Å². The number of hydrogen-bond donors (Lipinski definition) is 2. The molecule has 1 aliphatic carbocycles. The van der Waals surface area contributed by atoms with Crippen molar-refractivity contribution >= 4 is 23.3 Å². The molecule has 1 heterocycles. The summed E-state index contributed by atoms with van der Waals surface area (Å²) in [6.45, 7) is 1.21. The summed E-state index contributed by atoms with van der Waals surface area (Å²) in [7, 11) is 0. The van der Waals surface area contributed by atoms with E-state index in [-0.39, 0.29) is 11.8 Å². The van der Waals surface area contributed by atoms with E-state index < -0.39 is 0 Å². The Labute approximate surface area is 98.6 Å². The number of carbonyl (C=O) groups is 1. The first-order chi connectivity index (χ1) is 7.75. The van der Waals surface area contributed by atoms with Gasteiger partial charge in [0, 0.05) is 19.0 Å². The van der Waals surface area contributed by atoms with Gasteiger partial charge in [0.05, 0.1) is 12.4 Å². The molecule has 1 aromatic heterocycles. The van der Waals surface area contributed by atoms with Gasteiger partial charge in [0.1, 0.15) is 11.0 Å². The molecule has 6 heteroatoms. The lowest BCUT2D eigenvalue weighted by atomic mass is 10.4. The van der Waals surface area contributed by atoms with E-state index in [1.807, 2.05) is 0 Å². The average Bonchev–Trinajstić information content (AvgIpc) is 3.08. The van der Waals surface area contributed by atoms with Gasteiger partial charge in [-0.1, -0.05) is 11.6 Å². The summed E-state index contributed by atoms with van der Waals surface area (Å²) in [5.41, 5.74) is 0. The molecular weight excluding hydrogens is 228 g/mol. The van der Waals surface area contributed by atoms with Crippen LogP contribution in [-0.4, -0.2) is 29.0 Å². The van der Waals surface area contributed by atoms with Crippen molar-refractivity contribution in [3.05, 3.63) is 17.5 Å². The number of halogens is 1. The molecule has 2 N–H and O–H groups in total. The molecule has 1 amide bonds. The van der Waals surface area contributed by atoms with Crippen molar-refractivity contribution in [2.24, 2.45) is 5.92 Å². The monoisotopic (exact) mass is 240 g/mol. The van der Waals surface area contributed by atoms with Gasteiger partial charge in [-0.05, 0) is 12.8 Å². The van der Waals surface area contributed by atoms with Gasteiger partial charge in [-0.3, -0.25) is 9.78 Å². The molecule has 1 aromatic rings. The van der Waals surface area contributed by atoms with Crippen LogP contribution in [0.5, 0.6) is 0 Å². The van der Waals surface area contributed by atoms with Crippen LogP contribution in [0.4, 0.5) is 5.82 Å². The van der Waals surface area contributed by atoms with Crippen molar-refractivity contribution in [1.82, 2.24) is 15.3 Å². The van der Waals surface area contributed by atoms with Crippen LogP contribution in [0.15, 0.2) is 12.4 Å². The Morgan fingerprint density at radius 2 is 2.25 bits per heavy atom. The van der Waals surface area contributed by atoms with Gasteiger partial charge in [-0.15, -0.1) is 0 Å². The zero-order valence-electron chi connectivity index (χ0n) is 8.74. The number of hydrogen-bond acceptors (Lipinski definition) is 4. The molecule has 0 radical (unpaired) electrons. The summed E-state index contributed by atoms with van der Waals surface area (Å²) in [5, 5.41) is 6.23. The molecule has 0 spiro atoms. The molecule has 86 valence electrons. The minimum absolute atomic E-state index is 0.152. The van der Waals surface area contributed by atoms with E-state index >= 15 is 0 Å². The highest BCUT2D eigenvalue weighted by Gasteiger charge is 2.28. The quantitative estimate of drug-likeness (QED) is 0.756. The van der Waals surface area contributed by atoms with Crippen molar-refractivity contribution in [1.29, 1.82) is 0 Å². The van der Waals surface area contributed by atoms with Crippen LogP contribution in [0.2, 0.25) is 5.15 Å². The second-order valence-electron chi connectivity index (χ2n) is 3.72. The first kappa shape index (κ1) is 11.1. The van der Waals surface area contributed by atoms with Crippen LogP contribution in [0.1, 0.15) is 12.8 Å². The van der Waals surface area contributed by atoms with Crippen LogP contribution in [0.3, 0.4) is 0 Å². The van der Waals surface area contributed by atoms with Gasteiger partial charge in [0.2, 0.25) is 5.91 Å². The smallest absolute Gasteiger partial charge is 0.223 e. The van der Waals surface area contributed by atoms with E-state index in [2.05, 4.69) is 20.6 Å². The number of nitrogens with zero attached hydrogens (tertiary/aromatic N) is 2. The number of nitrogens with one attached hydrogen (secondary N) is 2. The Balaban J connectivity index is 1.65. The molecule has 1 fully saturated rings. The van der Waals surface area contributed by atoms with Crippen molar-refractivity contribution in [3.8, 4) is 0 Å². The molecular formula is C10H13ClN4O. The van der Waals surface area contributed by atoms with Crippen LogP contribution >= 0.6 is 11.6 Å². The average molecular weight is 241 g/mol. The fourth-order valence-corrected chi connectivity index (χ4v) is 1.44. The van der Waals surface area contributed by atoms with Crippen LogP contribution in [0, 0.1) is 5.92 Å². The second-order valence-corrected chi connectivity index (χ2v) is 4.11. The van der Waals surface area contributed by atoms with Crippen molar-refractivity contribution in [3.63, 3.8) is 0 Å².